The first kappa shape index (κ1) is 20.1. The summed E-state index contributed by atoms with van der Waals surface area (Å²) in [4.78, 5) is 24.6. The molecule has 0 fully saturated rings. The van der Waals surface area contributed by atoms with Crippen molar-refractivity contribution in [2.45, 2.75) is 19.8 Å². The maximum atomic E-state index is 12.4. The van der Waals surface area contributed by atoms with E-state index in [9.17, 15) is 9.59 Å². The molecule has 0 saturated carbocycles. The molecule has 0 aliphatic heterocycles. The summed E-state index contributed by atoms with van der Waals surface area (Å²) in [6.07, 6.45) is 0. The summed E-state index contributed by atoms with van der Waals surface area (Å²) in [6, 6.07) is 23.7. The first-order valence-corrected chi connectivity index (χ1v) is 9.50. The minimum absolute atomic E-state index is 0.110. The number of para-hydroxylation sites is 1. The first-order valence-electron chi connectivity index (χ1n) is 9.50. The van der Waals surface area contributed by atoms with Crippen LogP contribution in [-0.2, 0) is 4.79 Å². The Kier molecular flexibility index (Phi) is 6.63. The fourth-order valence-corrected chi connectivity index (χ4v) is 2.76. The van der Waals surface area contributed by atoms with Crippen molar-refractivity contribution in [3.05, 3.63) is 90.0 Å². The second-order valence-corrected chi connectivity index (χ2v) is 6.96. The van der Waals surface area contributed by atoms with Crippen molar-refractivity contribution in [2.24, 2.45) is 0 Å². The van der Waals surface area contributed by atoms with Gasteiger partial charge in [-0.2, -0.15) is 0 Å². The molecule has 3 aromatic rings. The summed E-state index contributed by atoms with van der Waals surface area (Å²) in [6.45, 7) is 4.14. The summed E-state index contributed by atoms with van der Waals surface area (Å²) >= 11 is 0. The van der Waals surface area contributed by atoms with Crippen molar-refractivity contribution >= 4 is 23.2 Å². The molecule has 0 aliphatic rings. The van der Waals surface area contributed by atoms with E-state index in [1.807, 2.05) is 54.6 Å². The lowest BCUT2D eigenvalue weighted by molar-refractivity contribution is -0.118. The van der Waals surface area contributed by atoms with Crippen molar-refractivity contribution in [3.8, 4) is 5.75 Å². The Morgan fingerprint density at radius 3 is 2.21 bits per heavy atom. The van der Waals surface area contributed by atoms with Crippen LogP contribution in [-0.4, -0.2) is 18.4 Å². The number of ether oxygens (including phenoxy) is 1. The standard InChI is InChI=1S/C24H24N2O3/c1-17(2)18-11-13-22(14-12-18)29-16-23(27)25-21-10-6-7-19(15-21)24(28)26-20-8-4-3-5-9-20/h3-15,17H,16H2,1-2H3,(H,25,27)(H,26,28). The van der Waals surface area contributed by atoms with Crippen LogP contribution in [0.1, 0.15) is 35.7 Å². The second kappa shape index (κ2) is 9.55. The van der Waals surface area contributed by atoms with Gasteiger partial charge in [0.05, 0.1) is 0 Å². The number of hydrogen-bond donors (Lipinski definition) is 2. The van der Waals surface area contributed by atoms with Gasteiger partial charge in [0.1, 0.15) is 5.75 Å². The third-order valence-electron chi connectivity index (χ3n) is 4.36. The van der Waals surface area contributed by atoms with Gasteiger partial charge in [-0.05, 0) is 53.9 Å². The number of benzene rings is 3. The van der Waals surface area contributed by atoms with Gasteiger partial charge in [-0.1, -0.05) is 50.2 Å². The van der Waals surface area contributed by atoms with Gasteiger partial charge in [0, 0.05) is 16.9 Å². The lowest BCUT2D eigenvalue weighted by atomic mass is 10.0. The minimum Gasteiger partial charge on any atom is -0.484 e. The maximum Gasteiger partial charge on any atom is 0.262 e. The Labute approximate surface area is 170 Å². The molecular weight excluding hydrogens is 364 g/mol. The third-order valence-corrected chi connectivity index (χ3v) is 4.36. The lowest BCUT2D eigenvalue weighted by Gasteiger charge is -2.10. The second-order valence-electron chi connectivity index (χ2n) is 6.96. The van der Waals surface area contributed by atoms with Crippen molar-refractivity contribution in [1.82, 2.24) is 0 Å². The fourth-order valence-electron chi connectivity index (χ4n) is 2.76. The van der Waals surface area contributed by atoms with Gasteiger partial charge in [-0.25, -0.2) is 0 Å². The van der Waals surface area contributed by atoms with Crippen LogP contribution in [0.15, 0.2) is 78.9 Å². The number of rotatable bonds is 7. The Balaban J connectivity index is 1.55. The van der Waals surface area contributed by atoms with E-state index in [4.69, 9.17) is 4.74 Å². The van der Waals surface area contributed by atoms with E-state index < -0.39 is 0 Å². The predicted molar refractivity (Wildman–Crippen MR) is 115 cm³/mol. The highest BCUT2D eigenvalue weighted by Crippen LogP contribution is 2.19. The van der Waals surface area contributed by atoms with Crippen molar-refractivity contribution in [3.63, 3.8) is 0 Å². The molecule has 0 radical (unpaired) electrons. The fraction of sp³-hybridized carbons (Fsp3) is 0.167. The Hall–Kier alpha value is -3.60. The van der Waals surface area contributed by atoms with Crippen LogP contribution in [0, 0.1) is 0 Å². The summed E-state index contributed by atoms with van der Waals surface area (Å²) in [5, 5.41) is 5.58. The molecule has 3 rings (SSSR count). The van der Waals surface area contributed by atoms with Gasteiger partial charge in [0.2, 0.25) is 0 Å². The zero-order valence-electron chi connectivity index (χ0n) is 16.5. The molecule has 0 atom stereocenters. The van der Waals surface area contributed by atoms with E-state index >= 15 is 0 Å². The smallest absolute Gasteiger partial charge is 0.262 e. The van der Waals surface area contributed by atoms with Gasteiger partial charge in [0.25, 0.3) is 11.8 Å². The monoisotopic (exact) mass is 388 g/mol. The van der Waals surface area contributed by atoms with Crippen LogP contribution in [0.5, 0.6) is 5.75 Å². The maximum absolute atomic E-state index is 12.4. The molecule has 0 unspecified atom stereocenters. The molecule has 148 valence electrons. The average molecular weight is 388 g/mol. The van der Waals surface area contributed by atoms with Crippen LogP contribution in [0.25, 0.3) is 0 Å². The Morgan fingerprint density at radius 2 is 1.52 bits per heavy atom. The van der Waals surface area contributed by atoms with Crippen molar-refractivity contribution < 1.29 is 14.3 Å². The topological polar surface area (TPSA) is 67.4 Å². The molecule has 0 aromatic heterocycles. The SMILES string of the molecule is CC(C)c1ccc(OCC(=O)Nc2cccc(C(=O)Nc3ccccc3)c2)cc1. The molecule has 29 heavy (non-hydrogen) atoms. The van der Waals surface area contributed by atoms with Gasteiger partial charge in [-0.15, -0.1) is 0 Å². The zero-order valence-corrected chi connectivity index (χ0v) is 16.5. The zero-order chi connectivity index (χ0) is 20.6. The van der Waals surface area contributed by atoms with Crippen molar-refractivity contribution in [2.75, 3.05) is 17.2 Å². The van der Waals surface area contributed by atoms with Crippen LogP contribution >= 0.6 is 0 Å². The summed E-state index contributed by atoms with van der Waals surface area (Å²) in [5.74, 6) is 0.548. The Bertz CT molecular complexity index is 967. The van der Waals surface area contributed by atoms with E-state index in [2.05, 4.69) is 24.5 Å². The van der Waals surface area contributed by atoms with Gasteiger partial charge in [-0.3, -0.25) is 9.59 Å². The normalized spacial score (nSPS) is 10.4. The molecule has 0 saturated heterocycles. The van der Waals surface area contributed by atoms with Crippen LogP contribution in [0.3, 0.4) is 0 Å². The number of anilines is 2. The number of hydrogen-bond acceptors (Lipinski definition) is 3. The van der Waals surface area contributed by atoms with Gasteiger partial charge in [0.15, 0.2) is 6.61 Å². The minimum atomic E-state index is -0.293. The molecule has 5 nitrogen and oxygen atoms in total. The summed E-state index contributed by atoms with van der Waals surface area (Å²) in [5.41, 5.74) is 2.92. The highest BCUT2D eigenvalue weighted by Gasteiger charge is 2.09. The molecule has 5 heteroatoms. The molecule has 0 aliphatic carbocycles. The molecular formula is C24H24N2O3. The lowest BCUT2D eigenvalue weighted by Crippen LogP contribution is -2.20. The van der Waals surface area contributed by atoms with E-state index in [-0.39, 0.29) is 18.4 Å². The number of carbonyl (C=O) groups excluding carboxylic acids is 2. The molecule has 0 heterocycles. The quantitative estimate of drug-likeness (QED) is 0.593. The largest absolute Gasteiger partial charge is 0.484 e. The molecule has 2 amide bonds. The first-order chi connectivity index (χ1) is 14.0. The summed E-state index contributed by atoms with van der Waals surface area (Å²) < 4.78 is 5.54. The van der Waals surface area contributed by atoms with Gasteiger partial charge >= 0.3 is 0 Å². The summed E-state index contributed by atoms with van der Waals surface area (Å²) in [7, 11) is 0. The molecule has 2 N–H and O–H groups in total. The van der Waals surface area contributed by atoms with Crippen LogP contribution < -0.4 is 15.4 Å². The predicted octanol–water partition coefficient (Wildman–Crippen LogP) is 5.08. The molecule has 3 aromatic carbocycles. The average Bonchev–Trinajstić information content (AvgIpc) is 2.73. The van der Waals surface area contributed by atoms with Crippen LogP contribution in [0.2, 0.25) is 0 Å². The van der Waals surface area contributed by atoms with E-state index in [1.54, 1.807) is 24.3 Å². The third kappa shape index (κ3) is 5.94. The highest BCUT2D eigenvalue weighted by molar-refractivity contribution is 6.05. The van der Waals surface area contributed by atoms with Gasteiger partial charge < -0.3 is 15.4 Å². The Morgan fingerprint density at radius 1 is 0.828 bits per heavy atom. The van der Waals surface area contributed by atoms with Crippen molar-refractivity contribution in [1.29, 1.82) is 0 Å². The number of carbonyl (C=O) groups is 2. The van der Waals surface area contributed by atoms with E-state index in [1.165, 1.54) is 5.56 Å². The molecule has 0 bridgehead atoms. The van der Waals surface area contributed by atoms with E-state index in [0.717, 1.165) is 0 Å². The van der Waals surface area contributed by atoms with Crippen LogP contribution in [0.4, 0.5) is 11.4 Å². The number of nitrogens with one attached hydrogen (secondary N) is 2. The van der Waals surface area contributed by atoms with E-state index in [0.29, 0.717) is 28.6 Å². The molecule has 0 spiro atoms. The number of amides is 2. The highest BCUT2D eigenvalue weighted by atomic mass is 16.5.